The molecule has 0 aliphatic rings. The zero-order valence-corrected chi connectivity index (χ0v) is 6.15. The Morgan fingerprint density at radius 2 is 1.67 bits per heavy atom. The van der Waals surface area contributed by atoms with E-state index in [1.165, 1.54) is 0 Å². The van der Waals surface area contributed by atoms with E-state index < -0.39 is 0 Å². The van der Waals surface area contributed by atoms with Gasteiger partial charge in [0.15, 0.2) is 0 Å². The average molecular weight is 174 g/mol. The number of rotatable bonds is 2. The van der Waals surface area contributed by atoms with E-state index in [-0.39, 0.29) is 30.1 Å². The van der Waals surface area contributed by atoms with E-state index in [1.807, 2.05) is 0 Å². The van der Waals surface area contributed by atoms with Gasteiger partial charge in [-0.1, -0.05) is 0 Å². The number of hydrogen-bond acceptors (Lipinski definition) is 7. The Bertz CT molecular complexity index is 233. The first-order chi connectivity index (χ1) is 5.22. The number of hydrogen-bond donors (Lipinski definition) is 4. The van der Waals surface area contributed by atoms with E-state index in [2.05, 4.69) is 20.3 Å². The standard InChI is InChI=1S/C4H8N6O.H2O/c5-2-8-3(6)10-4(9-2)7-1-11;/h11H,1H2,(H5,5,6,7,8,9,10);1H2. The Kier molecular flexibility index (Phi) is 3.67. The van der Waals surface area contributed by atoms with Gasteiger partial charge in [-0.15, -0.1) is 0 Å². The summed E-state index contributed by atoms with van der Waals surface area (Å²) in [6.45, 7) is -0.275. The van der Waals surface area contributed by atoms with Gasteiger partial charge in [0, 0.05) is 0 Å². The average Bonchev–Trinajstić information content (AvgIpc) is 1.85. The minimum absolute atomic E-state index is 0. The largest absolute Gasteiger partial charge is 0.412 e. The number of nitrogens with zero attached hydrogens (tertiary/aromatic N) is 3. The predicted octanol–water partition coefficient (Wildman–Crippen LogP) is -2.43. The van der Waals surface area contributed by atoms with Crippen LogP contribution in [0.5, 0.6) is 0 Å². The fourth-order valence-corrected chi connectivity index (χ4v) is 0.559. The van der Waals surface area contributed by atoms with Crippen molar-refractivity contribution < 1.29 is 10.6 Å². The first kappa shape index (κ1) is 10.3. The van der Waals surface area contributed by atoms with Crippen LogP contribution in [0.3, 0.4) is 0 Å². The molecule has 0 saturated heterocycles. The summed E-state index contributed by atoms with van der Waals surface area (Å²) in [7, 11) is 0. The molecule has 1 aromatic rings. The topological polar surface area (TPSA) is 154 Å². The van der Waals surface area contributed by atoms with Crippen LogP contribution in [-0.2, 0) is 0 Å². The molecule has 1 rings (SSSR count). The van der Waals surface area contributed by atoms with E-state index in [1.54, 1.807) is 0 Å². The third kappa shape index (κ3) is 2.52. The summed E-state index contributed by atoms with van der Waals surface area (Å²) in [5.41, 5.74) is 10.5. The van der Waals surface area contributed by atoms with Crippen LogP contribution >= 0.6 is 0 Å². The summed E-state index contributed by atoms with van der Waals surface area (Å²) in [5.74, 6) is 0.208. The second-order valence-electron chi connectivity index (χ2n) is 1.71. The minimum atomic E-state index is -0.275. The summed E-state index contributed by atoms with van der Waals surface area (Å²) in [6.07, 6.45) is 0. The van der Waals surface area contributed by atoms with Crippen molar-refractivity contribution in [3.05, 3.63) is 0 Å². The zero-order valence-electron chi connectivity index (χ0n) is 6.15. The molecule has 0 aliphatic heterocycles. The quantitative estimate of drug-likeness (QED) is 0.363. The summed E-state index contributed by atoms with van der Waals surface area (Å²) in [5, 5.41) is 10.8. The fourth-order valence-electron chi connectivity index (χ4n) is 0.559. The van der Waals surface area contributed by atoms with Gasteiger partial charge in [0.1, 0.15) is 6.73 Å². The first-order valence-corrected chi connectivity index (χ1v) is 2.84. The van der Waals surface area contributed by atoms with Crippen molar-refractivity contribution in [2.45, 2.75) is 0 Å². The molecular formula is C4H10N6O2. The maximum atomic E-state index is 8.41. The van der Waals surface area contributed by atoms with Crippen molar-refractivity contribution in [1.82, 2.24) is 15.0 Å². The van der Waals surface area contributed by atoms with Gasteiger partial charge in [0.25, 0.3) is 0 Å². The lowest BCUT2D eigenvalue weighted by atomic mass is 10.8. The Morgan fingerprint density at radius 3 is 2.08 bits per heavy atom. The molecule has 8 N–H and O–H groups in total. The Balaban J connectivity index is 0.00000121. The van der Waals surface area contributed by atoms with Crippen LogP contribution in [0.2, 0.25) is 0 Å². The summed E-state index contributed by atoms with van der Waals surface area (Å²) < 4.78 is 0. The highest BCUT2D eigenvalue weighted by Crippen LogP contribution is 2.01. The fraction of sp³-hybridized carbons (Fsp3) is 0.250. The highest BCUT2D eigenvalue weighted by Gasteiger charge is 1.98. The molecule has 0 amide bonds. The van der Waals surface area contributed by atoms with E-state index >= 15 is 0 Å². The van der Waals surface area contributed by atoms with Crippen molar-refractivity contribution >= 4 is 17.8 Å². The lowest BCUT2D eigenvalue weighted by Gasteiger charge is -2.00. The molecule has 68 valence electrons. The van der Waals surface area contributed by atoms with Crippen LogP contribution in [0.4, 0.5) is 17.8 Å². The number of nitrogens with one attached hydrogen (secondary N) is 1. The number of aliphatic hydroxyl groups is 1. The minimum Gasteiger partial charge on any atom is -0.412 e. The van der Waals surface area contributed by atoms with Gasteiger partial charge < -0.3 is 27.4 Å². The molecule has 12 heavy (non-hydrogen) atoms. The maximum Gasteiger partial charge on any atom is 0.231 e. The zero-order chi connectivity index (χ0) is 8.27. The molecule has 0 unspecified atom stereocenters. The van der Waals surface area contributed by atoms with Crippen molar-refractivity contribution in [3.8, 4) is 0 Å². The van der Waals surface area contributed by atoms with Crippen LogP contribution in [0.25, 0.3) is 0 Å². The van der Waals surface area contributed by atoms with Gasteiger partial charge in [0.2, 0.25) is 17.8 Å². The number of nitrogen functional groups attached to an aromatic ring is 2. The molecule has 0 saturated carbocycles. The number of nitrogens with two attached hydrogens (primary N) is 2. The summed E-state index contributed by atoms with van der Waals surface area (Å²) in [4.78, 5) is 10.8. The summed E-state index contributed by atoms with van der Waals surface area (Å²) in [6, 6.07) is 0. The molecule has 0 fully saturated rings. The van der Waals surface area contributed by atoms with Crippen molar-refractivity contribution in [3.63, 3.8) is 0 Å². The van der Waals surface area contributed by atoms with Gasteiger partial charge >= 0.3 is 0 Å². The molecule has 8 heteroatoms. The second-order valence-corrected chi connectivity index (χ2v) is 1.71. The number of aromatic nitrogens is 3. The van der Waals surface area contributed by atoms with Crippen LogP contribution < -0.4 is 16.8 Å². The highest BCUT2D eigenvalue weighted by molar-refractivity contribution is 5.36. The smallest absolute Gasteiger partial charge is 0.231 e. The van der Waals surface area contributed by atoms with E-state index in [4.69, 9.17) is 16.6 Å². The van der Waals surface area contributed by atoms with Crippen LogP contribution in [0.15, 0.2) is 0 Å². The van der Waals surface area contributed by atoms with Crippen LogP contribution in [0, 0.1) is 0 Å². The second kappa shape index (κ2) is 4.26. The molecule has 0 aliphatic carbocycles. The summed E-state index contributed by atoms with van der Waals surface area (Å²) >= 11 is 0. The first-order valence-electron chi connectivity index (χ1n) is 2.84. The molecule has 1 heterocycles. The van der Waals surface area contributed by atoms with Gasteiger partial charge in [-0.25, -0.2) is 0 Å². The lowest BCUT2D eigenvalue weighted by Crippen LogP contribution is -2.09. The highest BCUT2D eigenvalue weighted by atomic mass is 16.3. The SMILES string of the molecule is Nc1nc(N)nc(NCO)n1.O. The number of aliphatic hydroxyl groups excluding tert-OH is 1. The van der Waals surface area contributed by atoms with E-state index in [0.717, 1.165) is 0 Å². The van der Waals surface area contributed by atoms with Gasteiger partial charge in [-0.2, -0.15) is 15.0 Å². The van der Waals surface area contributed by atoms with Crippen LogP contribution in [-0.4, -0.2) is 32.3 Å². The monoisotopic (exact) mass is 174 g/mol. The number of anilines is 3. The molecule has 0 atom stereocenters. The van der Waals surface area contributed by atoms with Crippen LogP contribution in [0.1, 0.15) is 0 Å². The Morgan fingerprint density at radius 1 is 1.17 bits per heavy atom. The lowest BCUT2D eigenvalue weighted by molar-refractivity contribution is 0.324. The van der Waals surface area contributed by atoms with Crippen molar-refractivity contribution in [2.75, 3.05) is 23.5 Å². The molecule has 0 radical (unpaired) electrons. The van der Waals surface area contributed by atoms with E-state index in [9.17, 15) is 0 Å². The molecule has 0 spiro atoms. The van der Waals surface area contributed by atoms with Gasteiger partial charge in [-0.05, 0) is 0 Å². The third-order valence-corrected chi connectivity index (χ3v) is 0.907. The molecular weight excluding hydrogens is 164 g/mol. The van der Waals surface area contributed by atoms with Gasteiger partial charge in [-0.3, -0.25) is 0 Å². The normalized spacial score (nSPS) is 8.75. The molecule has 8 nitrogen and oxygen atoms in total. The van der Waals surface area contributed by atoms with Crippen molar-refractivity contribution in [2.24, 2.45) is 0 Å². The third-order valence-electron chi connectivity index (χ3n) is 0.907. The Hall–Kier alpha value is -1.67. The van der Waals surface area contributed by atoms with Crippen molar-refractivity contribution in [1.29, 1.82) is 0 Å². The van der Waals surface area contributed by atoms with E-state index in [0.29, 0.717) is 0 Å². The molecule has 1 aromatic heterocycles. The molecule has 0 aromatic carbocycles. The predicted molar refractivity (Wildman–Crippen MR) is 43.0 cm³/mol. The Labute approximate surface area is 68.0 Å². The maximum absolute atomic E-state index is 8.41. The van der Waals surface area contributed by atoms with Gasteiger partial charge in [0.05, 0.1) is 0 Å². The molecule has 0 bridgehead atoms.